The molecule has 0 amide bonds. The molecule has 0 aliphatic carbocycles. The van der Waals surface area contributed by atoms with E-state index >= 15 is 0 Å². The van der Waals surface area contributed by atoms with Gasteiger partial charge in [0.2, 0.25) is 16.9 Å². The van der Waals surface area contributed by atoms with Gasteiger partial charge in [0.05, 0.1) is 30.5 Å². The number of phenols is 3. The molecule has 0 radical (unpaired) electrons. The van der Waals surface area contributed by atoms with Crippen LogP contribution in [-0.2, 0) is 7.05 Å². The largest absolute Gasteiger partial charge is 0.506 e. The van der Waals surface area contributed by atoms with E-state index in [9.17, 15) is 20.1 Å². The number of fused-ring (bicyclic) bond motifs is 2. The maximum Gasteiger partial charge on any atom is 0.209 e. The van der Waals surface area contributed by atoms with Crippen molar-refractivity contribution in [3.8, 4) is 28.7 Å². The van der Waals surface area contributed by atoms with E-state index in [1.165, 1.54) is 37.0 Å². The number of rotatable bonds is 2. The number of phenolic OH excluding ortho intramolecular Hbond substituents is 3. The summed E-state index contributed by atoms with van der Waals surface area (Å²) in [6.07, 6.45) is 0. The molecule has 120 valence electrons. The Hall–Kier alpha value is -3.09. The zero-order chi connectivity index (χ0) is 16.9. The molecule has 0 aliphatic heterocycles. The summed E-state index contributed by atoms with van der Waals surface area (Å²) in [6, 6.07) is 4.50. The van der Waals surface area contributed by atoms with Crippen molar-refractivity contribution in [2.24, 2.45) is 7.05 Å². The molecule has 3 rings (SSSR count). The molecular weight excluding hydrogens is 302 g/mol. The molecule has 0 saturated carbocycles. The summed E-state index contributed by atoms with van der Waals surface area (Å²) in [7, 11) is 4.16. The second-order valence-electron chi connectivity index (χ2n) is 5.05. The van der Waals surface area contributed by atoms with Crippen molar-refractivity contribution < 1.29 is 24.8 Å². The van der Waals surface area contributed by atoms with Crippen molar-refractivity contribution in [2.75, 3.05) is 14.2 Å². The second kappa shape index (κ2) is 4.98. The van der Waals surface area contributed by atoms with E-state index in [4.69, 9.17) is 9.47 Å². The van der Waals surface area contributed by atoms with Crippen molar-refractivity contribution in [3.05, 3.63) is 28.4 Å². The lowest BCUT2D eigenvalue weighted by Crippen LogP contribution is -2.10. The number of aromatic hydroxyl groups is 3. The summed E-state index contributed by atoms with van der Waals surface area (Å²) in [5.41, 5.74) is -0.246. The van der Waals surface area contributed by atoms with Crippen LogP contribution in [-0.4, -0.2) is 34.1 Å². The molecule has 2 aromatic carbocycles. The van der Waals surface area contributed by atoms with Gasteiger partial charge in [-0.05, 0) is 12.1 Å². The van der Waals surface area contributed by atoms with Gasteiger partial charge in [-0.1, -0.05) is 6.07 Å². The van der Waals surface area contributed by atoms with Gasteiger partial charge in [0.15, 0.2) is 11.5 Å². The van der Waals surface area contributed by atoms with Gasteiger partial charge in [-0.25, -0.2) is 0 Å². The third kappa shape index (κ3) is 1.79. The zero-order valence-corrected chi connectivity index (χ0v) is 12.7. The van der Waals surface area contributed by atoms with Crippen molar-refractivity contribution in [1.29, 1.82) is 0 Å². The Balaban J connectivity index is 2.74. The third-order valence-corrected chi connectivity index (χ3v) is 3.90. The number of para-hydroxylation sites is 1. The van der Waals surface area contributed by atoms with Gasteiger partial charge in [-0.2, -0.15) is 0 Å². The van der Waals surface area contributed by atoms with Gasteiger partial charge >= 0.3 is 0 Å². The van der Waals surface area contributed by atoms with E-state index < -0.39 is 11.2 Å². The second-order valence-corrected chi connectivity index (χ2v) is 5.05. The summed E-state index contributed by atoms with van der Waals surface area (Å²) in [5, 5.41) is 31.1. The molecule has 1 aromatic heterocycles. The van der Waals surface area contributed by atoms with E-state index in [-0.39, 0.29) is 44.8 Å². The van der Waals surface area contributed by atoms with Crippen molar-refractivity contribution >= 4 is 21.8 Å². The first kappa shape index (κ1) is 14.8. The Kier molecular flexibility index (Phi) is 3.21. The average molecular weight is 317 g/mol. The Morgan fingerprint density at radius 3 is 2.17 bits per heavy atom. The van der Waals surface area contributed by atoms with Gasteiger partial charge in [-0.3, -0.25) is 4.79 Å². The molecule has 0 saturated heterocycles. The Bertz CT molecular complexity index is 1010. The summed E-state index contributed by atoms with van der Waals surface area (Å²) >= 11 is 0. The quantitative estimate of drug-likeness (QED) is 0.492. The monoisotopic (exact) mass is 317 g/mol. The van der Waals surface area contributed by atoms with Crippen LogP contribution >= 0.6 is 0 Å². The number of hydrogen-bond acceptors (Lipinski definition) is 6. The average Bonchev–Trinajstić information content (AvgIpc) is 2.53. The fourth-order valence-corrected chi connectivity index (χ4v) is 2.90. The molecule has 0 bridgehead atoms. The number of hydrogen-bond donors (Lipinski definition) is 3. The maximum atomic E-state index is 12.7. The molecular formula is C16H15NO6. The minimum atomic E-state index is -0.530. The lowest BCUT2D eigenvalue weighted by molar-refractivity contribution is 0.319. The number of ether oxygens (including phenoxy) is 2. The molecule has 3 N–H and O–H groups in total. The van der Waals surface area contributed by atoms with Gasteiger partial charge in [0, 0.05) is 7.05 Å². The summed E-state index contributed by atoms with van der Waals surface area (Å²) < 4.78 is 11.6. The lowest BCUT2D eigenvalue weighted by Gasteiger charge is -2.18. The number of methoxy groups -OCH3 is 2. The lowest BCUT2D eigenvalue weighted by atomic mass is 10.1. The standard InChI is InChI=1S/C16H15NO6/c1-17-10-7(5-4-6-8(10)18)12(19)9-11(17)14(21)16(23-3)15(22-2)13(9)20/h4-6,18,20-21H,1-3H3. The minimum Gasteiger partial charge on any atom is -0.506 e. The summed E-state index contributed by atoms with van der Waals surface area (Å²) in [4.78, 5) is 12.7. The van der Waals surface area contributed by atoms with Crippen molar-refractivity contribution in [3.63, 3.8) is 0 Å². The number of aromatic nitrogens is 1. The Labute approximate surface area is 130 Å². The van der Waals surface area contributed by atoms with Gasteiger partial charge in [0.25, 0.3) is 0 Å². The van der Waals surface area contributed by atoms with E-state index in [1.807, 2.05) is 0 Å². The van der Waals surface area contributed by atoms with Gasteiger partial charge in [0.1, 0.15) is 11.3 Å². The fourth-order valence-electron chi connectivity index (χ4n) is 2.90. The first-order valence-electron chi connectivity index (χ1n) is 6.74. The smallest absolute Gasteiger partial charge is 0.209 e. The number of nitrogens with zero attached hydrogens (tertiary/aromatic N) is 1. The minimum absolute atomic E-state index is 0.0409. The van der Waals surface area contributed by atoms with E-state index in [2.05, 4.69) is 0 Å². The van der Waals surface area contributed by atoms with E-state index in [0.717, 1.165) is 0 Å². The number of aryl methyl sites for hydroxylation is 1. The Morgan fingerprint density at radius 1 is 0.957 bits per heavy atom. The van der Waals surface area contributed by atoms with Gasteiger partial charge in [-0.15, -0.1) is 0 Å². The third-order valence-electron chi connectivity index (χ3n) is 3.90. The molecule has 0 unspecified atom stereocenters. The first-order chi connectivity index (χ1) is 10.9. The highest BCUT2D eigenvalue weighted by atomic mass is 16.5. The van der Waals surface area contributed by atoms with Crippen LogP contribution in [0.15, 0.2) is 23.0 Å². The highest BCUT2D eigenvalue weighted by Gasteiger charge is 2.26. The van der Waals surface area contributed by atoms with Crippen LogP contribution in [0, 0.1) is 0 Å². The van der Waals surface area contributed by atoms with Crippen LogP contribution in [0.5, 0.6) is 28.7 Å². The van der Waals surface area contributed by atoms with Crippen molar-refractivity contribution in [1.82, 2.24) is 4.57 Å². The topological polar surface area (TPSA) is 101 Å². The molecule has 3 aromatic rings. The van der Waals surface area contributed by atoms with Crippen LogP contribution in [0.3, 0.4) is 0 Å². The summed E-state index contributed by atoms with van der Waals surface area (Å²) in [6.45, 7) is 0. The molecule has 0 fully saturated rings. The number of benzene rings is 2. The molecule has 23 heavy (non-hydrogen) atoms. The van der Waals surface area contributed by atoms with Crippen LogP contribution in [0.25, 0.3) is 21.8 Å². The predicted octanol–water partition coefficient (Wildman–Crippen LogP) is 1.83. The molecule has 0 aliphatic rings. The maximum absolute atomic E-state index is 12.7. The zero-order valence-electron chi connectivity index (χ0n) is 12.7. The molecule has 0 atom stereocenters. The molecule has 0 spiro atoms. The van der Waals surface area contributed by atoms with E-state index in [0.29, 0.717) is 0 Å². The molecule has 7 heteroatoms. The predicted molar refractivity (Wildman–Crippen MR) is 84.8 cm³/mol. The van der Waals surface area contributed by atoms with Gasteiger partial charge < -0.3 is 29.4 Å². The number of pyridine rings is 1. The first-order valence-corrected chi connectivity index (χ1v) is 6.74. The highest BCUT2D eigenvalue weighted by molar-refractivity contribution is 6.03. The Morgan fingerprint density at radius 2 is 1.57 bits per heavy atom. The summed E-state index contributed by atoms with van der Waals surface area (Å²) in [5.74, 6) is -1.13. The normalized spacial score (nSPS) is 11.1. The molecule has 7 nitrogen and oxygen atoms in total. The SMILES string of the molecule is COc1c(OC)c(O)c2c(c1O)c(=O)c1cccc(O)c1n2C. The van der Waals surface area contributed by atoms with E-state index in [1.54, 1.807) is 7.05 Å². The fraction of sp³-hybridized carbons (Fsp3) is 0.188. The van der Waals surface area contributed by atoms with Crippen LogP contribution in [0.4, 0.5) is 0 Å². The highest BCUT2D eigenvalue weighted by Crippen LogP contribution is 2.49. The van der Waals surface area contributed by atoms with Crippen LogP contribution in [0.1, 0.15) is 0 Å². The van der Waals surface area contributed by atoms with Crippen LogP contribution in [0.2, 0.25) is 0 Å². The van der Waals surface area contributed by atoms with Crippen molar-refractivity contribution in [2.45, 2.75) is 0 Å². The molecule has 1 heterocycles. The van der Waals surface area contributed by atoms with Crippen LogP contribution < -0.4 is 14.9 Å².